The van der Waals surface area contributed by atoms with Gasteiger partial charge in [-0.25, -0.2) is 0 Å². The van der Waals surface area contributed by atoms with Crippen LogP contribution in [-0.2, 0) is 0 Å². The van der Waals surface area contributed by atoms with Crippen molar-refractivity contribution >= 4 is 23.2 Å². The smallest absolute Gasteiger partial charge is 0.253 e. The predicted octanol–water partition coefficient (Wildman–Crippen LogP) is 3.50. The van der Waals surface area contributed by atoms with Crippen molar-refractivity contribution in [1.29, 1.82) is 0 Å². The first-order valence-corrected chi connectivity index (χ1v) is 6.54. The molecule has 0 bridgehead atoms. The molecule has 0 unspecified atom stereocenters. The number of rotatable bonds is 5. The summed E-state index contributed by atoms with van der Waals surface area (Å²) in [4.78, 5) is 13.4. The van der Waals surface area contributed by atoms with Crippen molar-refractivity contribution in [1.82, 2.24) is 4.90 Å². The molecule has 0 saturated heterocycles. The molecule has 1 aromatic carbocycles. The van der Waals surface area contributed by atoms with Crippen molar-refractivity contribution in [3.05, 3.63) is 28.8 Å². The summed E-state index contributed by atoms with van der Waals surface area (Å²) >= 11 is 6.11. The van der Waals surface area contributed by atoms with Gasteiger partial charge in [0, 0.05) is 26.2 Å². The van der Waals surface area contributed by atoms with E-state index in [0.29, 0.717) is 16.5 Å². The van der Waals surface area contributed by atoms with Crippen LogP contribution in [0, 0.1) is 5.92 Å². The van der Waals surface area contributed by atoms with Gasteiger partial charge < -0.3 is 10.2 Å². The monoisotopic (exact) mass is 268 g/mol. The molecule has 0 aromatic heterocycles. The van der Waals surface area contributed by atoms with E-state index in [1.54, 1.807) is 31.1 Å². The molecular weight excluding hydrogens is 248 g/mol. The van der Waals surface area contributed by atoms with E-state index in [9.17, 15) is 4.79 Å². The molecule has 3 nitrogen and oxygen atoms in total. The molecule has 0 aliphatic carbocycles. The topological polar surface area (TPSA) is 32.3 Å². The van der Waals surface area contributed by atoms with Crippen LogP contribution in [0.5, 0.6) is 0 Å². The third-order valence-corrected chi connectivity index (χ3v) is 2.99. The minimum atomic E-state index is -0.0152. The van der Waals surface area contributed by atoms with Gasteiger partial charge in [-0.05, 0) is 30.5 Å². The normalized spacial score (nSPS) is 10.6. The molecule has 0 aliphatic rings. The standard InChI is InChI=1S/C14H21ClN2O/c1-10(2)7-8-16-13-9-11(5-6-12(13)15)14(18)17(3)4/h5-6,9-10,16H,7-8H2,1-4H3. The van der Waals surface area contributed by atoms with Gasteiger partial charge in [-0.1, -0.05) is 25.4 Å². The summed E-state index contributed by atoms with van der Waals surface area (Å²) in [5.41, 5.74) is 1.47. The number of hydrogen-bond donors (Lipinski definition) is 1. The van der Waals surface area contributed by atoms with Crippen molar-refractivity contribution in [3.63, 3.8) is 0 Å². The van der Waals surface area contributed by atoms with Gasteiger partial charge in [0.25, 0.3) is 5.91 Å². The molecule has 18 heavy (non-hydrogen) atoms. The number of carbonyl (C=O) groups is 1. The Morgan fingerprint density at radius 3 is 2.61 bits per heavy atom. The number of amides is 1. The average molecular weight is 269 g/mol. The van der Waals surface area contributed by atoms with E-state index in [0.717, 1.165) is 18.7 Å². The van der Waals surface area contributed by atoms with Crippen molar-refractivity contribution in [2.75, 3.05) is 26.0 Å². The molecule has 0 aliphatic heterocycles. The fourth-order valence-electron chi connectivity index (χ4n) is 1.55. The molecule has 4 heteroatoms. The van der Waals surface area contributed by atoms with Crippen LogP contribution < -0.4 is 5.32 Å². The fourth-order valence-corrected chi connectivity index (χ4v) is 1.73. The lowest BCUT2D eigenvalue weighted by molar-refractivity contribution is 0.0827. The second kappa shape index (κ2) is 6.64. The number of hydrogen-bond acceptors (Lipinski definition) is 2. The Kier molecular flexibility index (Phi) is 5.48. The molecule has 0 radical (unpaired) electrons. The number of nitrogens with one attached hydrogen (secondary N) is 1. The number of nitrogens with zero attached hydrogens (tertiary/aromatic N) is 1. The quantitative estimate of drug-likeness (QED) is 0.886. The summed E-state index contributed by atoms with van der Waals surface area (Å²) in [6.45, 7) is 5.21. The highest BCUT2D eigenvalue weighted by Crippen LogP contribution is 2.23. The zero-order valence-electron chi connectivity index (χ0n) is 11.5. The second-order valence-corrected chi connectivity index (χ2v) is 5.41. The van der Waals surface area contributed by atoms with Gasteiger partial charge in [-0.15, -0.1) is 0 Å². The highest BCUT2D eigenvalue weighted by molar-refractivity contribution is 6.33. The molecule has 1 aromatic rings. The van der Waals surface area contributed by atoms with E-state index < -0.39 is 0 Å². The molecule has 0 saturated carbocycles. The molecular formula is C14H21ClN2O. The van der Waals surface area contributed by atoms with Crippen molar-refractivity contribution in [2.45, 2.75) is 20.3 Å². The first-order chi connectivity index (χ1) is 8.41. The number of benzene rings is 1. The van der Waals surface area contributed by atoms with E-state index in [1.807, 2.05) is 6.07 Å². The fraction of sp³-hybridized carbons (Fsp3) is 0.500. The molecule has 1 amide bonds. The van der Waals surface area contributed by atoms with Crippen molar-refractivity contribution in [3.8, 4) is 0 Å². The number of halogens is 1. The van der Waals surface area contributed by atoms with E-state index in [1.165, 1.54) is 0 Å². The Balaban J connectivity index is 2.78. The Hall–Kier alpha value is -1.22. The van der Waals surface area contributed by atoms with E-state index >= 15 is 0 Å². The lowest BCUT2D eigenvalue weighted by atomic mass is 10.1. The minimum Gasteiger partial charge on any atom is -0.384 e. The second-order valence-electron chi connectivity index (χ2n) is 5.00. The highest BCUT2D eigenvalue weighted by atomic mass is 35.5. The van der Waals surface area contributed by atoms with Crippen LogP contribution in [0.1, 0.15) is 30.6 Å². The molecule has 0 atom stereocenters. The summed E-state index contributed by atoms with van der Waals surface area (Å²) in [6.07, 6.45) is 1.07. The van der Waals surface area contributed by atoms with Gasteiger partial charge in [-0.3, -0.25) is 4.79 Å². The summed E-state index contributed by atoms with van der Waals surface area (Å²) in [7, 11) is 3.48. The third-order valence-electron chi connectivity index (χ3n) is 2.66. The van der Waals surface area contributed by atoms with E-state index in [-0.39, 0.29) is 5.91 Å². The summed E-state index contributed by atoms with van der Waals surface area (Å²) < 4.78 is 0. The largest absolute Gasteiger partial charge is 0.384 e. The minimum absolute atomic E-state index is 0.0152. The predicted molar refractivity (Wildman–Crippen MR) is 77.4 cm³/mol. The molecule has 0 heterocycles. The zero-order chi connectivity index (χ0) is 13.7. The average Bonchev–Trinajstić information content (AvgIpc) is 2.30. The van der Waals surface area contributed by atoms with Gasteiger partial charge in [-0.2, -0.15) is 0 Å². The maximum atomic E-state index is 11.8. The van der Waals surface area contributed by atoms with Crippen LogP contribution in [0.25, 0.3) is 0 Å². The maximum absolute atomic E-state index is 11.8. The first-order valence-electron chi connectivity index (χ1n) is 6.17. The summed E-state index contributed by atoms with van der Waals surface area (Å²) in [5.74, 6) is 0.626. The van der Waals surface area contributed by atoms with Crippen molar-refractivity contribution < 1.29 is 4.79 Å². The third kappa shape index (κ3) is 4.22. The van der Waals surface area contributed by atoms with Crippen LogP contribution in [0.3, 0.4) is 0 Å². The van der Waals surface area contributed by atoms with Gasteiger partial charge >= 0.3 is 0 Å². The molecule has 1 rings (SSSR count). The zero-order valence-corrected chi connectivity index (χ0v) is 12.2. The van der Waals surface area contributed by atoms with Crippen LogP contribution in [0.15, 0.2) is 18.2 Å². The summed E-state index contributed by atoms with van der Waals surface area (Å²) in [5, 5.41) is 3.92. The SMILES string of the molecule is CC(C)CCNc1cc(C(=O)N(C)C)ccc1Cl. The molecule has 0 spiro atoms. The molecule has 100 valence electrons. The van der Waals surface area contributed by atoms with Crippen LogP contribution in [0.2, 0.25) is 5.02 Å². The Labute approximate surface area is 114 Å². The van der Waals surface area contributed by atoms with Crippen LogP contribution >= 0.6 is 11.6 Å². The molecule has 1 N–H and O–H groups in total. The van der Waals surface area contributed by atoms with Crippen molar-refractivity contribution in [2.24, 2.45) is 5.92 Å². The van der Waals surface area contributed by atoms with Crippen LogP contribution in [-0.4, -0.2) is 31.4 Å². The van der Waals surface area contributed by atoms with Gasteiger partial charge in [0.1, 0.15) is 0 Å². The summed E-state index contributed by atoms with van der Waals surface area (Å²) in [6, 6.07) is 5.32. The van der Waals surface area contributed by atoms with E-state index in [4.69, 9.17) is 11.6 Å². The number of anilines is 1. The Bertz CT molecular complexity index is 416. The van der Waals surface area contributed by atoms with Gasteiger partial charge in [0.05, 0.1) is 10.7 Å². The lowest BCUT2D eigenvalue weighted by Crippen LogP contribution is -2.21. The van der Waals surface area contributed by atoms with Gasteiger partial charge in [0.15, 0.2) is 0 Å². The van der Waals surface area contributed by atoms with Gasteiger partial charge in [0.2, 0.25) is 0 Å². The van der Waals surface area contributed by atoms with Crippen LogP contribution in [0.4, 0.5) is 5.69 Å². The first kappa shape index (κ1) is 14.8. The lowest BCUT2D eigenvalue weighted by Gasteiger charge is -2.14. The Morgan fingerprint density at radius 1 is 1.39 bits per heavy atom. The number of carbonyl (C=O) groups excluding carboxylic acids is 1. The molecule has 0 fully saturated rings. The highest BCUT2D eigenvalue weighted by Gasteiger charge is 2.10. The Morgan fingerprint density at radius 2 is 2.06 bits per heavy atom. The maximum Gasteiger partial charge on any atom is 0.253 e. The van der Waals surface area contributed by atoms with E-state index in [2.05, 4.69) is 19.2 Å².